The highest BCUT2D eigenvalue weighted by molar-refractivity contribution is 5.56. The molecule has 0 unspecified atom stereocenters. The molecule has 0 amide bonds. The maximum absolute atomic E-state index is 12.1. The number of aryl methyl sites for hydroxylation is 1. The van der Waals surface area contributed by atoms with Crippen LogP contribution < -0.4 is 5.56 Å². The molecule has 1 N–H and O–H groups in total. The Bertz CT molecular complexity index is 676. The van der Waals surface area contributed by atoms with Crippen LogP contribution in [0.15, 0.2) is 29.1 Å². The Kier molecular flexibility index (Phi) is 3.65. The van der Waals surface area contributed by atoms with Gasteiger partial charge in [0.15, 0.2) is 0 Å². The lowest BCUT2D eigenvalue weighted by molar-refractivity contribution is 0.185. The molecule has 1 heterocycles. The van der Waals surface area contributed by atoms with Gasteiger partial charge in [-0.15, -0.1) is 0 Å². The average molecular weight is 270 g/mol. The number of H-pyrrole nitrogens is 1. The third kappa shape index (κ3) is 2.51. The van der Waals surface area contributed by atoms with Gasteiger partial charge in [0.2, 0.25) is 0 Å². The van der Waals surface area contributed by atoms with Crippen LogP contribution in [0.3, 0.4) is 0 Å². The SMILES string of the molecule is COCc1cccc(-c2nc3c(c(=O)[nH]2)CCCC3)c1. The number of ether oxygens (including phenoxy) is 1. The molecule has 20 heavy (non-hydrogen) atoms. The Balaban J connectivity index is 2.04. The maximum Gasteiger partial charge on any atom is 0.254 e. The number of aromatic nitrogens is 2. The fourth-order valence-corrected chi connectivity index (χ4v) is 2.72. The Morgan fingerprint density at radius 1 is 1.30 bits per heavy atom. The molecule has 3 rings (SSSR count). The van der Waals surface area contributed by atoms with Crippen LogP contribution in [0.25, 0.3) is 11.4 Å². The predicted octanol–water partition coefficient (Wildman–Crippen LogP) is 2.46. The molecular formula is C16H18N2O2. The van der Waals surface area contributed by atoms with Gasteiger partial charge < -0.3 is 9.72 Å². The third-order valence-corrected chi connectivity index (χ3v) is 3.70. The number of methoxy groups -OCH3 is 1. The molecule has 0 aliphatic heterocycles. The van der Waals surface area contributed by atoms with E-state index in [0.29, 0.717) is 12.4 Å². The van der Waals surface area contributed by atoms with Crippen LogP contribution in [-0.2, 0) is 24.2 Å². The predicted molar refractivity (Wildman–Crippen MR) is 77.6 cm³/mol. The van der Waals surface area contributed by atoms with E-state index in [1.54, 1.807) is 7.11 Å². The van der Waals surface area contributed by atoms with Gasteiger partial charge in [-0.05, 0) is 37.3 Å². The van der Waals surface area contributed by atoms with Crippen LogP contribution in [0.1, 0.15) is 29.7 Å². The number of hydrogen-bond acceptors (Lipinski definition) is 3. The van der Waals surface area contributed by atoms with Gasteiger partial charge >= 0.3 is 0 Å². The first kappa shape index (κ1) is 13.1. The molecule has 104 valence electrons. The molecule has 1 aromatic heterocycles. The number of nitrogens with zero attached hydrogens (tertiary/aromatic N) is 1. The van der Waals surface area contributed by atoms with E-state index in [-0.39, 0.29) is 5.56 Å². The summed E-state index contributed by atoms with van der Waals surface area (Å²) in [5, 5.41) is 0. The summed E-state index contributed by atoms with van der Waals surface area (Å²) in [7, 11) is 1.67. The number of hydrogen-bond donors (Lipinski definition) is 1. The zero-order valence-electron chi connectivity index (χ0n) is 11.6. The Labute approximate surface area is 117 Å². The minimum Gasteiger partial charge on any atom is -0.380 e. The van der Waals surface area contributed by atoms with Crippen molar-refractivity contribution in [2.24, 2.45) is 0 Å². The Hall–Kier alpha value is -1.94. The molecule has 4 heteroatoms. The fourth-order valence-electron chi connectivity index (χ4n) is 2.72. The molecule has 1 aromatic carbocycles. The first-order valence-electron chi connectivity index (χ1n) is 6.98. The molecule has 0 bridgehead atoms. The summed E-state index contributed by atoms with van der Waals surface area (Å²) in [5.74, 6) is 0.661. The second-order valence-corrected chi connectivity index (χ2v) is 5.18. The molecule has 4 nitrogen and oxygen atoms in total. The van der Waals surface area contributed by atoms with Crippen molar-refractivity contribution >= 4 is 0 Å². The summed E-state index contributed by atoms with van der Waals surface area (Å²) in [4.78, 5) is 19.7. The van der Waals surface area contributed by atoms with Gasteiger partial charge in [0.1, 0.15) is 5.82 Å². The van der Waals surface area contributed by atoms with Crippen molar-refractivity contribution in [2.45, 2.75) is 32.3 Å². The van der Waals surface area contributed by atoms with E-state index < -0.39 is 0 Å². The van der Waals surface area contributed by atoms with E-state index in [1.807, 2.05) is 24.3 Å². The van der Waals surface area contributed by atoms with Gasteiger partial charge in [0.05, 0.1) is 12.3 Å². The number of aromatic amines is 1. The topological polar surface area (TPSA) is 55.0 Å². The molecule has 1 aliphatic carbocycles. The van der Waals surface area contributed by atoms with Gasteiger partial charge in [-0.25, -0.2) is 4.98 Å². The van der Waals surface area contributed by atoms with Crippen molar-refractivity contribution in [3.05, 3.63) is 51.4 Å². The van der Waals surface area contributed by atoms with E-state index >= 15 is 0 Å². The number of fused-ring (bicyclic) bond motifs is 1. The summed E-state index contributed by atoms with van der Waals surface area (Å²) in [5.41, 5.74) is 3.86. The van der Waals surface area contributed by atoms with Crippen molar-refractivity contribution < 1.29 is 4.74 Å². The molecule has 0 atom stereocenters. The zero-order valence-corrected chi connectivity index (χ0v) is 11.6. The van der Waals surface area contributed by atoms with Crippen LogP contribution in [0.5, 0.6) is 0 Å². The Morgan fingerprint density at radius 3 is 3.00 bits per heavy atom. The van der Waals surface area contributed by atoms with Gasteiger partial charge in [-0.2, -0.15) is 0 Å². The van der Waals surface area contributed by atoms with Crippen molar-refractivity contribution in [1.82, 2.24) is 9.97 Å². The molecule has 0 saturated carbocycles. The van der Waals surface area contributed by atoms with E-state index in [1.165, 1.54) is 0 Å². The van der Waals surface area contributed by atoms with Crippen LogP contribution >= 0.6 is 0 Å². The molecule has 0 saturated heterocycles. The summed E-state index contributed by atoms with van der Waals surface area (Å²) in [6, 6.07) is 7.94. The lowest BCUT2D eigenvalue weighted by atomic mass is 9.97. The van der Waals surface area contributed by atoms with Crippen LogP contribution in [0, 0.1) is 0 Å². The number of rotatable bonds is 3. The van der Waals surface area contributed by atoms with E-state index in [2.05, 4.69) is 9.97 Å². The van der Waals surface area contributed by atoms with Gasteiger partial charge in [0, 0.05) is 18.2 Å². The highest BCUT2D eigenvalue weighted by Crippen LogP contribution is 2.20. The minimum absolute atomic E-state index is 0.0156. The minimum atomic E-state index is 0.0156. The van der Waals surface area contributed by atoms with Crippen molar-refractivity contribution in [2.75, 3.05) is 7.11 Å². The molecule has 0 fully saturated rings. The highest BCUT2D eigenvalue weighted by atomic mass is 16.5. The standard InChI is InChI=1S/C16H18N2O2/c1-20-10-11-5-4-6-12(9-11)15-17-14-8-3-2-7-13(14)16(19)18-15/h4-6,9H,2-3,7-8,10H2,1H3,(H,17,18,19). The van der Waals surface area contributed by atoms with Crippen molar-refractivity contribution in [1.29, 1.82) is 0 Å². The molecular weight excluding hydrogens is 252 g/mol. The number of nitrogens with one attached hydrogen (secondary N) is 1. The number of benzene rings is 1. The fraction of sp³-hybridized carbons (Fsp3) is 0.375. The molecule has 1 aliphatic rings. The maximum atomic E-state index is 12.1. The van der Waals surface area contributed by atoms with Gasteiger partial charge in [0.25, 0.3) is 5.56 Å². The summed E-state index contributed by atoms with van der Waals surface area (Å²) >= 11 is 0. The normalized spacial score (nSPS) is 14.1. The summed E-state index contributed by atoms with van der Waals surface area (Å²) in [6.45, 7) is 0.559. The first-order valence-corrected chi connectivity index (χ1v) is 6.98. The average Bonchev–Trinajstić information content (AvgIpc) is 2.48. The van der Waals surface area contributed by atoms with E-state index in [0.717, 1.165) is 48.1 Å². The largest absolute Gasteiger partial charge is 0.380 e. The molecule has 2 aromatic rings. The van der Waals surface area contributed by atoms with Crippen molar-refractivity contribution in [3.8, 4) is 11.4 Å². The van der Waals surface area contributed by atoms with Crippen LogP contribution in [0.2, 0.25) is 0 Å². The van der Waals surface area contributed by atoms with E-state index in [4.69, 9.17) is 4.74 Å². The quantitative estimate of drug-likeness (QED) is 0.932. The zero-order chi connectivity index (χ0) is 13.9. The lowest BCUT2D eigenvalue weighted by Gasteiger charge is -2.14. The second-order valence-electron chi connectivity index (χ2n) is 5.18. The second kappa shape index (κ2) is 5.59. The smallest absolute Gasteiger partial charge is 0.254 e. The highest BCUT2D eigenvalue weighted by Gasteiger charge is 2.16. The van der Waals surface area contributed by atoms with Gasteiger partial charge in [-0.1, -0.05) is 18.2 Å². The van der Waals surface area contributed by atoms with Crippen molar-refractivity contribution in [3.63, 3.8) is 0 Å². The first-order chi connectivity index (χ1) is 9.78. The van der Waals surface area contributed by atoms with Crippen LogP contribution in [-0.4, -0.2) is 17.1 Å². The van der Waals surface area contributed by atoms with Crippen LogP contribution in [0.4, 0.5) is 0 Å². The monoisotopic (exact) mass is 270 g/mol. The summed E-state index contributed by atoms with van der Waals surface area (Å²) in [6.07, 6.45) is 3.96. The third-order valence-electron chi connectivity index (χ3n) is 3.70. The molecule has 0 radical (unpaired) electrons. The Morgan fingerprint density at radius 2 is 2.15 bits per heavy atom. The van der Waals surface area contributed by atoms with E-state index in [9.17, 15) is 4.79 Å². The van der Waals surface area contributed by atoms with Gasteiger partial charge in [-0.3, -0.25) is 4.79 Å². The summed E-state index contributed by atoms with van der Waals surface area (Å²) < 4.78 is 5.14. The molecule has 0 spiro atoms. The lowest BCUT2D eigenvalue weighted by Crippen LogP contribution is -2.21.